The molecule has 0 aliphatic carbocycles. The van der Waals surface area contributed by atoms with Gasteiger partial charge in [-0.1, -0.05) is 6.92 Å². The van der Waals surface area contributed by atoms with Crippen LogP contribution in [-0.4, -0.2) is 37.0 Å². The quantitative estimate of drug-likeness (QED) is 0.549. The highest BCUT2D eigenvalue weighted by Crippen LogP contribution is 2.06. The highest BCUT2D eigenvalue weighted by Gasteiger charge is 2.19. The number of nitrogens with one attached hydrogen (secondary N) is 1. The molecule has 1 heterocycles. The summed E-state index contributed by atoms with van der Waals surface area (Å²) in [4.78, 5) is 12.2. The Hall–Kier alpha value is -0.570. The van der Waals surface area contributed by atoms with Crippen molar-refractivity contribution in [2.75, 3.05) is 19.6 Å². The minimum atomic E-state index is 0.345. The van der Waals surface area contributed by atoms with Gasteiger partial charge in [-0.25, -0.2) is 0 Å². The molecular formula is C7H13N2O. The molecule has 57 valence electrons. The van der Waals surface area contributed by atoms with Gasteiger partial charge in [-0.05, 0) is 13.0 Å². The average molecular weight is 141 g/mol. The van der Waals surface area contributed by atoms with Gasteiger partial charge in [-0.3, -0.25) is 4.79 Å². The molecule has 0 saturated carbocycles. The van der Waals surface area contributed by atoms with Crippen molar-refractivity contribution >= 4 is 6.41 Å². The second kappa shape index (κ2) is 3.56. The van der Waals surface area contributed by atoms with E-state index in [4.69, 9.17) is 0 Å². The first-order valence-electron chi connectivity index (χ1n) is 3.72. The molecule has 1 aliphatic rings. The maximum absolute atomic E-state index is 9.90. The van der Waals surface area contributed by atoms with Crippen molar-refractivity contribution in [3.8, 4) is 0 Å². The molecule has 1 radical (unpaired) electrons. The molecule has 1 rings (SSSR count). The monoisotopic (exact) mass is 141 g/mol. The van der Waals surface area contributed by atoms with Gasteiger partial charge in [0, 0.05) is 19.1 Å². The van der Waals surface area contributed by atoms with E-state index in [0.29, 0.717) is 6.04 Å². The molecule has 0 aromatic carbocycles. The summed E-state index contributed by atoms with van der Waals surface area (Å²) in [6.45, 7) is 5.31. The maximum Gasteiger partial charge on any atom is 0.309 e. The van der Waals surface area contributed by atoms with Gasteiger partial charge in [0.1, 0.15) is 0 Å². The van der Waals surface area contributed by atoms with Crippen LogP contribution in [0.15, 0.2) is 0 Å². The van der Waals surface area contributed by atoms with E-state index in [2.05, 4.69) is 17.1 Å². The number of hydrogen-bond acceptors (Lipinski definition) is 2. The third-order valence-electron chi connectivity index (χ3n) is 1.98. The second-order valence-corrected chi connectivity index (χ2v) is 2.63. The first-order valence-corrected chi connectivity index (χ1v) is 3.72. The molecule has 1 fully saturated rings. The molecule has 3 heteroatoms. The smallest absolute Gasteiger partial charge is 0.309 e. The van der Waals surface area contributed by atoms with Crippen molar-refractivity contribution < 1.29 is 4.79 Å². The van der Waals surface area contributed by atoms with Crippen molar-refractivity contribution in [3.63, 3.8) is 0 Å². The summed E-state index contributed by atoms with van der Waals surface area (Å²) >= 11 is 0. The predicted octanol–water partition coefficient (Wildman–Crippen LogP) is -0.263. The number of rotatable bonds is 3. The van der Waals surface area contributed by atoms with E-state index in [1.54, 1.807) is 6.41 Å². The largest absolute Gasteiger partial charge is 0.344 e. The van der Waals surface area contributed by atoms with E-state index in [-0.39, 0.29) is 0 Å². The Morgan fingerprint density at radius 2 is 2.60 bits per heavy atom. The summed E-state index contributed by atoms with van der Waals surface area (Å²) < 4.78 is 0. The molecule has 1 atom stereocenters. The highest BCUT2D eigenvalue weighted by atomic mass is 16.1. The van der Waals surface area contributed by atoms with E-state index in [1.165, 1.54) is 0 Å². The molecule has 0 bridgehead atoms. The lowest BCUT2D eigenvalue weighted by Crippen LogP contribution is -2.31. The lowest BCUT2D eigenvalue weighted by Gasteiger charge is -2.11. The Labute approximate surface area is 61.4 Å². The molecular weight excluding hydrogens is 128 g/mol. The number of nitrogens with zero attached hydrogens (tertiary/aromatic N) is 1. The van der Waals surface area contributed by atoms with Crippen molar-refractivity contribution in [1.82, 2.24) is 10.2 Å². The topological polar surface area (TPSA) is 32.3 Å². The lowest BCUT2D eigenvalue weighted by molar-refractivity contribution is 0.350. The lowest BCUT2D eigenvalue weighted by atomic mass is 10.3. The number of amides is 1. The van der Waals surface area contributed by atoms with Crippen LogP contribution in [-0.2, 0) is 4.79 Å². The van der Waals surface area contributed by atoms with Gasteiger partial charge in [-0.2, -0.15) is 0 Å². The summed E-state index contributed by atoms with van der Waals surface area (Å²) in [5, 5.41) is 2.66. The summed E-state index contributed by atoms with van der Waals surface area (Å²) in [6, 6.07) is 0.345. The zero-order valence-electron chi connectivity index (χ0n) is 6.26. The van der Waals surface area contributed by atoms with Crippen molar-refractivity contribution in [2.45, 2.75) is 19.4 Å². The number of likely N-dealkylation sites (N-methyl/N-ethyl adjacent to an activating group) is 1. The van der Waals surface area contributed by atoms with Crippen LogP contribution in [0.2, 0.25) is 0 Å². The van der Waals surface area contributed by atoms with Crippen LogP contribution in [0.3, 0.4) is 0 Å². The van der Waals surface area contributed by atoms with Crippen LogP contribution in [0, 0.1) is 0 Å². The van der Waals surface area contributed by atoms with Crippen LogP contribution in [0.1, 0.15) is 13.3 Å². The second-order valence-electron chi connectivity index (χ2n) is 2.63. The molecule has 3 nitrogen and oxygen atoms in total. The van der Waals surface area contributed by atoms with Gasteiger partial charge >= 0.3 is 6.41 Å². The van der Waals surface area contributed by atoms with Gasteiger partial charge in [-0.15, -0.1) is 0 Å². The van der Waals surface area contributed by atoms with E-state index in [9.17, 15) is 4.79 Å². The molecule has 0 aromatic heterocycles. The summed E-state index contributed by atoms with van der Waals surface area (Å²) in [6.07, 6.45) is 2.80. The van der Waals surface area contributed by atoms with Crippen molar-refractivity contribution in [3.05, 3.63) is 0 Å². The fourth-order valence-corrected chi connectivity index (χ4v) is 1.32. The van der Waals surface area contributed by atoms with Crippen LogP contribution in [0.4, 0.5) is 0 Å². The van der Waals surface area contributed by atoms with Gasteiger partial charge < -0.3 is 10.2 Å². The average Bonchev–Trinajstić information content (AvgIpc) is 2.37. The van der Waals surface area contributed by atoms with E-state index < -0.39 is 0 Å². The Bertz CT molecular complexity index is 116. The molecule has 1 saturated heterocycles. The summed E-state index contributed by atoms with van der Waals surface area (Å²) in [7, 11) is 0. The SMILES string of the molecule is CCN1CCC(N[C]=O)C1. The normalized spacial score (nSPS) is 26.7. The van der Waals surface area contributed by atoms with Crippen LogP contribution < -0.4 is 5.32 Å². The van der Waals surface area contributed by atoms with Gasteiger partial charge in [0.25, 0.3) is 0 Å². The number of likely N-dealkylation sites (tertiary alicyclic amines) is 1. The predicted molar refractivity (Wildman–Crippen MR) is 39.3 cm³/mol. The molecule has 1 N–H and O–H groups in total. The van der Waals surface area contributed by atoms with Crippen molar-refractivity contribution in [2.24, 2.45) is 0 Å². The number of hydrogen-bond donors (Lipinski definition) is 1. The minimum Gasteiger partial charge on any atom is -0.344 e. The fourth-order valence-electron chi connectivity index (χ4n) is 1.32. The molecule has 0 spiro atoms. The first-order chi connectivity index (χ1) is 4.86. The van der Waals surface area contributed by atoms with E-state index >= 15 is 0 Å². The van der Waals surface area contributed by atoms with Gasteiger partial charge in [0.05, 0.1) is 0 Å². The first kappa shape index (κ1) is 7.54. The third kappa shape index (κ3) is 1.70. The minimum absolute atomic E-state index is 0.345. The zero-order valence-corrected chi connectivity index (χ0v) is 6.26. The van der Waals surface area contributed by atoms with Crippen molar-refractivity contribution in [1.29, 1.82) is 0 Å². The van der Waals surface area contributed by atoms with E-state index in [1.807, 2.05) is 0 Å². The number of carbonyl (C=O) groups excluding carboxylic acids is 1. The fraction of sp³-hybridized carbons (Fsp3) is 0.857. The standard InChI is InChI=1S/C7H13N2O/c1-2-9-4-3-7(5-9)8-6-10/h7H,2-5H2,1H3,(H,8,10). The zero-order chi connectivity index (χ0) is 7.40. The molecule has 0 aromatic rings. The summed E-state index contributed by atoms with van der Waals surface area (Å²) in [5.41, 5.74) is 0. The van der Waals surface area contributed by atoms with Crippen LogP contribution >= 0.6 is 0 Å². The molecule has 1 aliphatic heterocycles. The highest BCUT2D eigenvalue weighted by molar-refractivity contribution is 5.47. The summed E-state index contributed by atoms with van der Waals surface area (Å²) in [5.74, 6) is 0. The molecule has 10 heavy (non-hydrogen) atoms. The van der Waals surface area contributed by atoms with E-state index in [0.717, 1.165) is 26.1 Å². The Kier molecular flexibility index (Phi) is 2.68. The molecule has 1 unspecified atom stereocenters. The Balaban J connectivity index is 2.21. The van der Waals surface area contributed by atoms with Gasteiger partial charge in [0.15, 0.2) is 0 Å². The van der Waals surface area contributed by atoms with Gasteiger partial charge in [0.2, 0.25) is 0 Å². The molecule has 1 amide bonds. The maximum atomic E-state index is 9.90. The Morgan fingerprint density at radius 1 is 1.80 bits per heavy atom. The third-order valence-corrected chi connectivity index (χ3v) is 1.98. The Morgan fingerprint density at radius 3 is 3.10 bits per heavy atom. The van der Waals surface area contributed by atoms with Crippen LogP contribution in [0.5, 0.6) is 0 Å². The van der Waals surface area contributed by atoms with Crippen LogP contribution in [0.25, 0.3) is 0 Å².